The maximum atomic E-state index is 6.90. The van der Waals surface area contributed by atoms with Gasteiger partial charge in [-0.15, -0.1) is 0 Å². The van der Waals surface area contributed by atoms with Gasteiger partial charge in [0.2, 0.25) is 0 Å². The van der Waals surface area contributed by atoms with Crippen LogP contribution in [0.3, 0.4) is 0 Å². The Bertz CT molecular complexity index is 2640. The van der Waals surface area contributed by atoms with Gasteiger partial charge in [-0.1, -0.05) is 135 Å². The molecule has 10 rings (SSSR count). The molecule has 0 bridgehead atoms. The van der Waals surface area contributed by atoms with Crippen molar-refractivity contribution in [1.82, 2.24) is 14.5 Å². The minimum absolute atomic E-state index is 0.245. The molecule has 4 heteroatoms. The number of para-hydroxylation sites is 2. The Hall–Kier alpha value is -6.00. The number of benzene rings is 6. The SMILES string of the molecule is CC1(C)c2ccccc2-c2c1c1oc3ccccc3c1c1c2c2ccccc2n1-c1cc(-c2ccccc2)nc(-c2ccccc2)n1. The molecule has 3 heterocycles. The van der Waals surface area contributed by atoms with Crippen LogP contribution in [-0.4, -0.2) is 14.5 Å². The van der Waals surface area contributed by atoms with E-state index in [-0.39, 0.29) is 5.41 Å². The number of fused-ring (bicyclic) bond motifs is 12. The zero-order valence-electron chi connectivity index (χ0n) is 26.0. The Kier molecular flexibility index (Phi) is 5.31. The molecule has 0 unspecified atom stereocenters. The molecule has 6 aromatic carbocycles. The van der Waals surface area contributed by atoms with Crippen molar-refractivity contribution in [3.8, 4) is 39.6 Å². The topological polar surface area (TPSA) is 43.9 Å². The number of hydrogen-bond acceptors (Lipinski definition) is 3. The smallest absolute Gasteiger partial charge is 0.162 e. The highest BCUT2D eigenvalue weighted by molar-refractivity contribution is 6.30. The lowest BCUT2D eigenvalue weighted by Gasteiger charge is -2.22. The van der Waals surface area contributed by atoms with Crippen LogP contribution in [0.15, 0.2) is 144 Å². The van der Waals surface area contributed by atoms with Gasteiger partial charge < -0.3 is 4.42 Å². The zero-order valence-corrected chi connectivity index (χ0v) is 26.0. The molecule has 0 fully saturated rings. The highest BCUT2D eigenvalue weighted by Crippen LogP contribution is 2.57. The van der Waals surface area contributed by atoms with Crippen molar-refractivity contribution in [2.24, 2.45) is 0 Å². The average Bonchev–Trinajstić information content (AvgIpc) is 3.75. The van der Waals surface area contributed by atoms with Gasteiger partial charge in [0.05, 0.1) is 22.1 Å². The second-order valence-corrected chi connectivity index (χ2v) is 13.0. The van der Waals surface area contributed by atoms with E-state index in [1.807, 2.05) is 24.3 Å². The summed E-state index contributed by atoms with van der Waals surface area (Å²) >= 11 is 0. The van der Waals surface area contributed by atoms with E-state index in [9.17, 15) is 0 Å². The van der Waals surface area contributed by atoms with Crippen molar-refractivity contribution in [3.05, 3.63) is 151 Å². The van der Waals surface area contributed by atoms with Gasteiger partial charge >= 0.3 is 0 Å². The summed E-state index contributed by atoms with van der Waals surface area (Å²) in [5, 5.41) is 4.65. The van der Waals surface area contributed by atoms with E-state index in [1.165, 1.54) is 33.0 Å². The Morgan fingerprint density at radius 3 is 2.09 bits per heavy atom. The second-order valence-electron chi connectivity index (χ2n) is 13.0. The first-order chi connectivity index (χ1) is 23.1. The molecular weight excluding hydrogens is 574 g/mol. The van der Waals surface area contributed by atoms with Gasteiger partial charge in [0.1, 0.15) is 17.0 Å². The molecule has 9 aromatic rings. The number of aromatic nitrogens is 3. The first-order valence-electron chi connectivity index (χ1n) is 16.1. The lowest BCUT2D eigenvalue weighted by Crippen LogP contribution is -2.15. The molecule has 4 nitrogen and oxygen atoms in total. The highest BCUT2D eigenvalue weighted by Gasteiger charge is 2.41. The molecule has 1 aliphatic rings. The molecule has 1 aliphatic carbocycles. The highest BCUT2D eigenvalue weighted by atomic mass is 16.3. The fraction of sp³-hybridized carbons (Fsp3) is 0.0698. The first kappa shape index (κ1) is 26.2. The van der Waals surface area contributed by atoms with Gasteiger partial charge in [-0.3, -0.25) is 4.57 Å². The molecule has 0 aliphatic heterocycles. The minimum atomic E-state index is -0.245. The Morgan fingerprint density at radius 1 is 0.617 bits per heavy atom. The molecule has 0 saturated heterocycles. The summed E-state index contributed by atoms with van der Waals surface area (Å²) in [6.45, 7) is 4.66. The van der Waals surface area contributed by atoms with Crippen molar-refractivity contribution >= 4 is 43.7 Å². The third-order valence-corrected chi connectivity index (χ3v) is 9.97. The summed E-state index contributed by atoms with van der Waals surface area (Å²) in [4.78, 5) is 10.4. The van der Waals surface area contributed by atoms with Gasteiger partial charge in [-0.2, -0.15) is 0 Å². The van der Waals surface area contributed by atoms with E-state index in [0.29, 0.717) is 5.82 Å². The maximum Gasteiger partial charge on any atom is 0.162 e. The standard InChI is InChI=1S/C43H29N3O/c1-43(2)31-22-12-9-19-28(31)36-37-29-20-10-13-23-33(29)46(40(37)38-30-21-11-14-24-34(30)47-41(38)39(36)43)35-25-32(26-15-5-3-6-16-26)44-42(45-35)27-17-7-4-8-18-27/h3-25H,1-2H3. The second kappa shape index (κ2) is 9.51. The fourth-order valence-corrected chi connectivity index (χ4v) is 7.93. The van der Waals surface area contributed by atoms with Crippen LogP contribution >= 0.6 is 0 Å². The summed E-state index contributed by atoms with van der Waals surface area (Å²) in [6.07, 6.45) is 0. The van der Waals surface area contributed by atoms with E-state index < -0.39 is 0 Å². The van der Waals surface area contributed by atoms with Crippen molar-refractivity contribution in [1.29, 1.82) is 0 Å². The molecular formula is C43H29N3O. The van der Waals surface area contributed by atoms with E-state index in [0.717, 1.165) is 55.6 Å². The molecule has 222 valence electrons. The number of hydrogen-bond donors (Lipinski definition) is 0. The lowest BCUT2D eigenvalue weighted by atomic mass is 9.81. The van der Waals surface area contributed by atoms with Crippen LogP contribution in [0.1, 0.15) is 25.0 Å². The zero-order chi connectivity index (χ0) is 31.3. The molecule has 0 amide bonds. The van der Waals surface area contributed by atoms with Crippen LogP contribution in [0.5, 0.6) is 0 Å². The van der Waals surface area contributed by atoms with E-state index in [1.54, 1.807) is 0 Å². The summed E-state index contributed by atoms with van der Waals surface area (Å²) < 4.78 is 9.25. The Labute approximate surface area is 271 Å². The van der Waals surface area contributed by atoms with Gasteiger partial charge in [0.25, 0.3) is 0 Å². The van der Waals surface area contributed by atoms with Crippen LogP contribution in [-0.2, 0) is 5.41 Å². The Balaban J connectivity index is 1.44. The molecule has 47 heavy (non-hydrogen) atoms. The molecule has 0 saturated carbocycles. The average molecular weight is 604 g/mol. The van der Waals surface area contributed by atoms with Crippen LogP contribution in [0.4, 0.5) is 0 Å². The van der Waals surface area contributed by atoms with Crippen LogP contribution in [0.2, 0.25) is 0 Å². The van der Waals surface area contributed by atoms with Crippen molar-refractivity contribution in [2.45, 2.75) is 19.3 Å². The van der Waals surface area contributed by atoms with Crippen molar-refractivity contribution < 1.29 is 4.42 Å². The number of rotatable bonds is 3. The number of furan rings is 1. The fourth-order valence-electron chi connectivity index (χ4n) is 7.93. The van der Waals surface area contributed by atoms with Crippen LogP contribution < -0.4 is 0 Å². The van der Waals surface area contributed by atoms with E-state index in [4.69, 9.17) is 14.4 Å². The van der Waals surface area contributed by atoms with E-state index >= 15 is 0 Å². The quantitative estimate of drug-likeness (QED) is 0.202. The summed E-state index contributed by atoms with van der Waals surface area (Å²) in [5.41, 5.74) is 11.8. The molecule has 0 N–H and O–H groups in total. The summed E-state index contributed by atoms with van der Waals surface area (Å²) in [5.74, 6) is 1.51. The number of nitrogens with zero attached hydrogens (tertiary/aromatic N) is 3. The molecule has 3 aromatic heterocycles. The minimum Gasteiger partial charge on any atom is -0.456 e. The maximum absolute atomic E-state index is 6.90. The monoisotopic (exact) mass is 603 g/mol. The predicted octanol–water partition coefficient (Wildman–Crippen LogP) is 11.1. The normalized spacial score (nSPS) is 13.5. The molecule has 0 spiro atoms. The lowest BCUT2D eigenvalue weighted by molar-refractivity contribution is 0.620. The predicted molar refractivity (Wildman–Crippen MR) is 192 cm³/mol. The van der Waals surface area contributed by atoms with Crippen LogP contribution in [0, 0.1) is 0 Å². The molecule has 0 radical (unpaired) electrons. The van der Waals surface area contributed by atoms with Gasteiger partial charge in [0, 0.05) is 44.3 Å². The Morgan fingerprint density at radius 2 is 1.28 bits per heavy atom. The van der Waals surface area contributed by atoms with Crippen molar-refractivity contribution in [2.75, 3.05) is 0 Å². The van der Waals surface area contributed by atoms with Gasteiger partial charge in [-0.05, 0) is 28.8 Å². The van der Waals surface area contributed by atoms with Crippen molar-refractivity contribution in [3.63, 3.8) is 0 Å². The van der Waals surface area contributed by atoms with Crippen LogP contribution in [0.25, 0.3) is 83.3 Å². The molecule has 0 atom stereocenters. The van der Waals surface area contributed by atoms with Gasteiger partial charge in [0.15, 0.2) is 5.82 Å². The summed E-state index contributed by atoms with van der Waals surface area (Å²) in [6, 6.07) is 48.8. The first-order valence-corrected chi connectivity index (χ1v) is 16.1. The third-order valence-electron chi connectivity index (χ3n) is 9.97. The third kappa shape index (κ3) is 3.58. The van der Waals surface area contributed by atoms with Gasteiger partial charge in [-0.25, -0.2) is 9.97 Å². The largest absolute Gasteiger partial charge is 0.456 e. The summed E-state index contributed by atoms with van der Waals surface area (Å²) in [7, 11) is 0. The van der Waals surface area contributed by atoms with E-state index in [2.05, 4.69) is 134 Å².